The molecule has 0 spiro atoms. The van der Waals surface area contributed by atoms with Gasteiger partial charge in [0.25, 0.3) is 0 Å². The Kier molecular flexibility index (Phi) is 2.83. The molecule has 0 bridgehead atoms. The van der Waals surface area contributed by atoms with Gasteiger partial charge in [-0.2, -0.15) is 0 Å². The maximum absolute atomic E-state index is 10.9. The molecule has 0 aliphatic heterocycles. The molecule has 96 valence electrons. The van der Waals surface area contributed by atoms with E-state index in [2.05, 4.69) is 16.0 Å². The van der Waals surface area contributed by atoms with E-state index in [1.807, 2.05) is 24.4 Å². The molecule has 0 aliphatic carbocycles. The Morgan fingerprint density at radius 2 is 2.21 bits per heavy atom. The third-order valence-corrected chi connectivity index (χ3v) is 3.27. The van der Waals surface area contributed by atoms with Crippen molar-refractivity contribution in [2.45, 2.75) is 6.42 Å². The number of ether oxygens (including phenoxy) is 1. The molecule has 3 rings (SSSR count). The maximum atomic E-state index is 10.9. The van der Waals surface area contributed by atoms with Crippen molar-refractivity contribution in [3.8, 4) is 5.75 Å². The number of hydrogen-bond acceptors (Lipinski definition) is 2. The Morgan fingerprint density at radius 1 is 1.32 bits per heavy atom. The van der Waals surface area contributed by atoms with Crippen LogP contribution in [-0.4, -0.2) is 23.4 Å². The van der Waals surface area contributed by atoms with Crippen LogP contribution in [0, 0.1) is 0 Å². The average molecular weight is 254 g/mol. The van der Waals surface area contributed by atoms with Crippen molar-refractivity contribution >= 4 is 17.2 Å². The van der Waals surface area contributed by atoms with Crippen LogP contribution >= 0.6 is 0 Å². The largest absolute Gasteiger partial charge is 0.495 e. The summed E-state index contributed by atoms with van der Waals surface area (Å²) >= 11 is 0. The molecule has 0 amide bonds. The number of aldehydes is 1. The van der Waals surface area contributed by atoms with E-state index in [1.165, 1.54) is 0 Å². The monoisotopic (exact) mass is 254 g/mol. The molecule has 19 heavy (non-hydrogen) atoms. The highest BCUT2D eigenvalue weighted by Gasteiger charge is 2.08. The Hall–Kier alpha value is -2.49. The predicted octanol–water partition coefficient (Wildman–Crippen LogP) is 2.91. The average Bonchev–Trinajstić information content (AvgIpc) is 3.04. The molecule has 0 unspecified atom stereocenters. The fourth-order valence-electron chi connectivity index (χ4n) is 2.33. The number of carbonyl (C=O) groups is 1. The van der Waals surface area contributed by atoms with Gasteiger partial charge in [0.1, 0.15) is 5.75 Å². The smallest absolute Gasteiger partial charge is 0.151 e. The predicted molar refractivity (Wildman–Crippen MR) is 73.8 cm³/mol. The van der Waals surface area contributed by atoms with Gasteiger partial charge in [0.05, 0.1) is 12.6 Å². The van der Waals surface area contributed by atoms with E-state index in [4.69, 9.17) is 4.74 Å². The Morgan fingerprint density at radius 3 is 3.00 bits per heavy atom. The molecule has 4 nitrogen and oxygen atoms in total. The summed E-state index contributed by atoms with van der Waals surface area (Å²) < 4.78 is 5.33. The number of carbonyl (C=O) groups excluding carboxylic acids is 1. The summed E-state index contributed by atoms with van der Waals surface area (Å²) in [7, 11) is 1.66. The zero-order valence-electron chi connectivity index (χ0n) is 10.6. The van der Waals surface area contributed by atoms with Crippen molar-refractivity contribution in [3.63, 3.8) is 0 Å². The summed E-state index contributed by atoms with van der Waals surface area (Å²) in [4.78, 5) is 17.2. The second-order valence-electron chi connectivity index (χ2n) is 4.45. The van der Waals surface area contributed by atoms with Gasteiger partial charge in [0, 0.05) is 35.5 Å². The van der Waals surface area contributed by atoms with Gasteiger partial charge in [0.2, 0.25) is 0 Å². The molecule has 0 aliphatic rings. The van der Waals surface area contributed by atoms with Crippen molar-refractivity contribution < 1.29 is 9.53 Å². The highest BCUT2D eigenvalue weighted by atomic mass is 16.5. The maximum Gasteiger partial charge on any atom is 0.151 e. The van der Waals surface area contributed by atoms with Crippen LogP contribution in [0.1, 0.15) is 21.6 Å². The van der Waals surface area contributed by atoms with E-state index < -0.39 is 0 Å². The first-order chi connectivity index (χ1) is 9.31. The topological polar surface area (TPSA) is 57.9 Å². The number of aromatic nitrogens is 2. The molecule has 3 aromatic rings. The lowest BCUT2D eigenvalue weighted by molar-refractivity contribution is 0.112. The van der Waals surface area contributed by atoms with Crippen LogP contribution in [0.25, 0.3) is 10.9 Å². The highest BCUT2D eigenvalue weighted by molar-refractivity contribution is 5.86. The third-order valence-electron chi connectivity index (χ3n) is 3.27. The minimum Gasteiger partial charge on any atom is -0.495 e. The summed E-state index contributed by atoms with van der Waals surface area (Å²) in [5, 5.41) is 1.11. The van der Waals surface area contributed by atoms with Gasteiger partial charge in [0.15, 0.2) is 6.29 Å². The van der Waals surface area contributed by atoms with Crippen molar-refractivity contribution in [2.75, 3.05) is 7.11 Å². The van der Waals surface area contributed by atoms with E-state index >= 15 is 0 Å². The Balaban J connectivity index is 2.00. The van der Waals surface area contributed by atoms with Crippen molar-refractivity contribution in [2.24, 2.45) is 0 Å². The molecule has 2 heterocycles. The number of H-pyrrole nitrogens is 2. The molecule has 0 radical (unpaired) electrons. The normalized spacial score (nSPS) is 10.8. The molecule has 4 heteroatoms. The fraction of sp³-hybridized carbons (Fsp3) is 0.133. The van der Waals surface area contributed by atoms with Crippen LogP contribution in [-0.2, 0) is 6.42 Å². The summed E-state index contributed by atoms with van der Waals surface area (Å²) in [6, 6.07) is 8.01. The first-order valence-electron chi connectivity index (χ1n) is 6.07. The number of methoxy groups -OCH3 is 1. The molecule has 0 saturated carbocycles. The lowest BCUT2D eigenvalue weighted by Crippen LogP contribution is -1.90. The summed E-state index contributed by atoms with van der Waals surface area (Å²) in [5.41, 5.74) is 3.73. The standard InChI is InChI=1S/C15H14N2O2/c1-19-14-4-2-3-10-5-13(17-15(10)14)6-11-7-16-8-12(11)9-18/h2-5,7-9,16-17H,6H2,1H3. The number of nitrogens with one attached hydrogen (secondary N) is 2. The van der Waals surface area contributed by atoms with E-state index in [0.717, 1.165) is 34.2 Å². The molecular formula is C15H14N2O2. The summed E-state index contributed by atoms with van der Waals surface area (Å²) in [6.07, 6.45) is 5.13. The molecule has 2 aromatic heterocycles. The van der Waals surface area contributed by atoms with Crippen molar-refractivity contribution in [1.82, 2.24) is 9.97 Å². The van der Waals surface area contributed by atoms with Crippen LogP contribution in [0.4, 0.5) is 0 Å². The summed E-state index contributed by atoms with van der Waals surface area (Å²) in [6.45, 7) is 0. The van der Waals surface area contributed by atoms with Crippen molar-refractivity contribution in [3.05, 3.63) is 53.5 Å². The van der Waals surface area contributed by atoms with Crippen LogP contribution in [0.3, 0.4) is 0 Å². The lowest BCUT2D eigenvalue weighted by Gasteiger charge is -2.00. The quantitative estimate of drug-likeness (QED) is 0.703. The first kappa shape index (κ1) is 11.6. The van der Waals surface area contributed by atoms with Gasteiger partial charge in [-0.3, -0.25) is 4.79 Å². The number of para-hydroxylation sites is 1. The molecule has 2 N–H and O–H groups in total. The zero-order chi connectivity index (χ0) is 13.2. The zero-order valence-corrected chi connectivity index (χ0v) is 10.6. The molecule has 0 atom stereocenters. The number of benzene rings is 1. The van der Waals surface area contributed by atoms with Crippen LogP contribution < -0.4 is 4.74 Å². The second kappa shape index (κ2) is 4.65. The van der Waals surface area contributed by atoms with E-state index in [-0.39, 0.29) is 0 Å². The van der Waals surface area contributed by atoms with E-state index in [0.29, 0.717) is 12.0 Å². The van der Waals surface area contributed by atoms with Crippen molar-refractivity contribution in [1.29, 1.82) is 0 Å². The van der Waals surface area contributed by atoms with Gasteiger partial charge in [-0.15, -0.1) is 0 Å². The van der Waals surface area contributed by atoms with Gasteiger partial charge < -0.3 is 14.7 Å². The molecule has 0 saturated heterocycles. The molecule has 1 aromatic carbocycles. The van der Waals surface area contributed by atoms with Gasteiger partial charge in [-0.05, 0) is 17.7 Å². The minimum atomic E-state index is 0.690. The number of fused-ring (bicyclic) bond motifs is 1. The van der Waals surface area contributed by atoms with Crippen LogP contribution in [0.5, 0.6) is 5.75 Å². The van der Waals surface area contributed by atoms with Gasteiger partial charge in [-0.25, -0.2) is 0 Å². The fourth-order valence-corrected chi connectivity index (χ4v) is 2.33. The van der Waals surface area contributed by atoms with Gasteiger partial charge in [-0.1, -0.05) is 12.1 Å². The molecular weight excluding hydrogens is 240 g/mol. The Labute approximate surface area is 110 Å². The molecule has 0 fully saturated rings. The second-order valence-corrected chi connectivity index (χ2v) is 4.45. The third kappa shape index (κ3) is 2.01. The minimum absolute atomic E-state index is 0.690. The Bertz CT molecular complexity index is 725. The van der Waals surface area contributed by atoms with E-state index in [9.17, 15) is 4.79 Å². The number of aromatic amines is 2. The highest BCUT2D eigenvalue weighted by Crippen LogP contribution is 2.26. The van der Waals surface area contributed by atoms with E-state index in [1.54, 1.807) is 13.3 Å². The number of rotatable bonds is 4. The lowest BCUT2D eigenvalue weighted by atomic mass is 10.1. The number of hydrogen-bond donors (Lipinski definition) is 2. The summed E-state index contributed by atoms with van der Waals surface area (Å²) in [5.74, 6) is 0.827. The van der Waals surface area contributed by atoms with Gasteiger partial charge >= 0.3 is 0 Å². The van der Waals surface area contributed by atoms with Crippen LogP contribution in [0.15, 0.2) is 36.7 Å². The first-order valence-corrected chi connectivity index (χ1v) is 6.07. The SMILES string of the molecule is COc1cccc2cc(Cc3c[nH]cc3C=O)[nH]c12. The van der Waals surface area contributed by atoms with Crippen LogP contribution in [0.2, 0.25) is 0 Å².